The molecule has 4 aromatic rings. The van der Waals surface area contributed by atoms with Gasteiger partial charge in [0.2, 0.25) is 5.78 Å². The Morgan fingerprint density at radius 2 is 1.87 bits per heavy atom. The molecule has 1 amide bonds. The van der Waals surface area contributed by atoms with Crippen molar-refractivity contribution < 1.29 is 24.2 Å². The molecule has 0 spiro atoms. The highest BCUT2D eigenvalue weighted by molar-refractivity contribution is 7.19. The molecule has 0 unspecified atom stereocenters. The molecule has 2 aromatic heterocycles. The molecule has 0 bridgehead atoms. The van der Waals surface area contributed by atoms with Gasteiger partial charge in [0.05, 0.1) is 47.8 Å². The predicted molar refractivity (Wildman–Crippen MR) is 149 cm³/mol. The molecule has 39 heavy (non-hydrogen) atoms. The van der Waals surface area contributed by atoms with Crippen LogP contribution >= 0.6 is 11.3 Å². The summed E-state index contributed by atoms with van der Waals surface area (Å²) in [7, 11) is 1.59. The fourth-order valence-electron chi connectivity index (χ4n) is 5.53. The van der Waals surface area contributed by atoms with Crippen molar-refractivity contribution >= 4 is 39.0 Å². The Morgan fingerprint density at radius 1 is 1.13 bits per heavy atom. The van der Waals surface area contributed by atoms with E-state index in [9.17, 15) is 14.7 Å². The number of aromatic nitrogens is 2. The number of carbonyl (C=O) groups excluding carboxylic acids is 2. The number of benzene rings is 2. The molecule has 2 aromatic carbocycles. The number of hydrogen-bond acceptors (Lipinski definition) is 8. The number of imidazole rings is 1. The molecule has 1 fully saturated rings. The van der Waals surface area contributed by atoms with Gasteiger partial charge in [-0.15, -0.1) is 0 Å². The number of carbonyl (C=O) groups is 2. The van der Waals surface area contributed by atoms with E-state index in [0.717, 1.165) is 41.9 Å². The van der Waals surface area contributed by atoms with E-state index in [0.29, 0.717) is 41.8 Å². The first-order valence-electron chi connectivity index (χ1n) is 13.1. The smallest absolute Gasteiger partial charge is 0.290 e. The molecule has 202 valence electrons. The highest BCUT2D eigenvalue weighted by Crippen LogP contribution is 2.41. The van der Waals surface area contributed by atoms with Gasteiger partial charge in [-0.25, -0.2) is 4.98 Å². The summed E-state index contributed by atoms with van der Waals surface area (Å²) in [4.78, 5) is 37.3. The number of aliphatic hydroxyl groups excluding tert-OH is 1. The van der Waals surface area contributed by atoms with Crippen molar-refractivity contribution in [3.05, 3.63) is 76.0 Å². The highest BCUT2D eigenvalue weighted by Gasteiger charge is 2.44. The van der Waals surface area contributed by atoms with Crippen molar-refractivity contribution in [1.82, 2.24) is 19.2 Å². The molecule has 1 atom stereocenters. The van der Waals surface area contributed by atoms with Crippen molar-refractivity contribution in [2.75, 3.05) is 46.5 Å². The van der Waals surface area contributed by atoms with Crippen LogP contribution in [-0.2, 0) is 9.53 Å². The van der Waals surface area contributed by atoms with Gasteiger partial charge < -0.3 is 19.5 Å². The molecule has 2 aliphatic rings. The van der Waals surface area contributed by atoms with Gasteiger partial charge in [-0.3, -0.25) is 18.9 Å². The quantitative estimate of drug-likeness (QED) is 0.332. The molecule has 0 radical (unpaired) electrons. The number of Topliss-reactive ketones (excluding diaryl/α,β-unsaturated/α-hetero) is 1. The van der Waals surface area contributed by atoms with E-state index in [4.69, 9.17) is 9.47 Å². The van der Waals surface area contributed by atoms with Gasteiger partial charge in [0, 0.05) is 31.9 Å². The second-order valence-electron chi connectivity index (χ2n) is 9.81. The van der Waals surface area contributed by atoms with Crippen LogP contribution in [0.15, 0.2) is 59.9 Å². The zero-order valence-corrected chi connectivity index (χ0v) is 22.7. The highest BCUT2D eigenvalue weighted by atomic mass is 32.1. The van der Waals surface area contributed by atoms with Gasteiger partial charge in [-0.2, -0.15) is 0 Å². The van der Waals surface area contributed by atoms with Crippen LogP contribution in [0, 0.1) is 6.92 Å². The standard InChI is InChI=1S/C29H30N4O5S/c1-18-27(39-29-30-21-6-3-4-7-22(21)33(18)29)25(34)23-24(19-8-10-20(37-2)11-9-19)32(28(36)26(23)35)13-5-12-31-14-16-38-17-15-31/h3-4,6-11,24,35H,5,12-17H2,1-2H3/t24-/m0/s1. The van der Waals surface area contributed by atoms with Crippen LogP contribution in [0.3, 0.4) is 0 Å². The van der Waals surface area contributed by atoms with Crippen LogP contribution in [0.5, 0.6) is 5.75 Å². The van der Waals surface area contributed by atoms with E-state index < -0.39 is 17.7 Å². The Hall–Kier alpha value is -3.73. The first-order chi connectivity index (χ1) is 19.0. The van der Waals surface area contributed by atoms with Crippen molar-refractivity contribution in [2.45, 2.75) is 19.4 Å². The third-order valence-corrected chi connectivity index (χ3v) is 8.69. The van der Waals surface area contributed by atoms with E-state index in [1.54, 1.807) is 24.1 Å². The number of rotatable bonds is 8. The number of amides is 1. The molecule has 10 heteroatoms. The van der Waals surface area contributed by atoms with Crippen LogP contribution < -0.4 is 4.74 Å². The Kier molecular flexibility index (Phi) is 6.84. The van der Waals surface area contributed by atoms with Crippen molar-refractivity contribution in [1.29, 1.82) is 0 Å². The lowest BCUT2D eigenvalue weighted by molar-refractivity contribution is -0.129. The maximum absolute atomic E-state index is 14.1. The fourth-order valence-corrected chi connectivity index (χ4v) is 6.63. The summed E-state index contributed by atoms with van der Waals surface area (Å²) < 4.78 is 12.7. The normalized spacial score (nSPS) is 18.6. The number of hydrogen-bond donors (Lipinski definition) is 1. The monoisotopic (exact) mass is 546 g/mol. The summed E-state index contributed by atoms with van der Waals surface area (Å²) in [5, 5.41) is 11.1. The van der Waals surface area contributed by atoms with Crippen molar-refractivity contribution in [3.8, 4) is 5.75 Å². The van der Waals surface area contributed by atoms with E-state index >= 15 is 0 Å². The van der Waals surface area contributed by atoms with Gasteiger partial charge in [0.1, 0.15) is 5.75 Å². The summed E-state index contributed by atoms with van der Waals surface area (Å²) >= 11 is 1.28. The van der Waals surface area contributed by atoms with Crippen LogP contribution in [0.25, 0.3) is 16.0 Å². The Morgan fingerprint density at radius 3 is 2.62 bits per heavy atom. The average Bonchev–Trinajstić information content (AvgIpc) is 3.58. The van der Waals surface area contributed by atoms with E-state index in [1.165, 1.54) is 11.3 Å². The molecular weight excluding hydrogens is 516 g/mol. The predicted octanol–water partition coefficient (Wildman–Crippen LogP) is 4.17. The molecule has 9 nitrogen and oxygen atoms in total. The SMILES string of the molecule is COc1ccc([C@H]2C(C(=O)c3sc4nc5ccccc5n4c3C)=C(O)C(=O)N2CCCN2CCOCC2)cc1. The van der Waals surface area contributed by atoms with Gasteiger partial charge in [-0.1, -0.05) is 35.6 Å². The second kappa shape index (κ2) is 10.4. The number of fused-ring (bicyclic) bond motifs is 3. The van der Waals surface area contributed by atoms with Crippen molar-refractivity contribution in [3.63, 3.8) is 0 Å². The first kappa shape index (κ1) is 25.5. The molecule has 0 aliphatic carbocycles. The summed E-state index contributed by atoms with van der Waals surface area (Å²) in [6.45, 7) is 6.22. The molecule has 1 N–H and O–H groups in total. The van der Waals surface area contributed by atoms with Gasteiger partial charge in [0.25, 0.3) is 5.91 Å². The molecule has 1 saturated heterocycles. The lowest BCUT2D eigenvalue weighted by Crippen LogP contribution is -2.39. The number of morpholine rings is 1. The Bertz CT molecular complexity index is 1580. The number of aryl methyl sites for hydroxylation is 1. The number of thiazole rings is 1. The summed E-state index contributed by atoms with van der Waals surface area (Å²) in [5.41, 5.74) is 3.35. The van der Waals surface area contributed by atoms with Crippen LogP contribution in [0.4, 0.5) is 0 Å². The number of methoxy groups -OCH3 is 1. The Labute approximate surface area is 229 Å². The number of nitrogens with zero attached hydrogens (tertiary/aromatic N) is 4. The maximum Gasteiger partial charge on any atom is 0.290 e. The second-order valence-corrected chi connectivity index (χ2v) is 10.8. The summed E-state index contributed by atoms with van der Waals surface area (Å²) in [6.07, 6.45) is 0.713. The zero-order chi connectivity index (χ0) is 27.1. The summed E-state index contributed by atoms with van der Waals surface area (Å²) in [6, 6.07) is 14.4. The molecule has 2 aliphatic heterocycles. The van der Waals surface area contributed by atoms with Gasteiger partial charge >= 0.3 is 0 Å². The van der Waals surface area contributed by atoms with E-state index in [2.05, 4.69) is 9.88 Å². The molecule has 0 saturated carbocycles. The first-order valence-corrected chi connectivity index (χ1v) is 13.9. The third-order valence-electron chi connectivity index (χ3n) is 7.55. The van der Waals surface area contributed by atoms with Crippen molar-refractivity contribution in [2.24, 2.45) is 0 Å². The minimum Gasteiger partial charge on any atom is -0.503 e. The zero-order valence-electron chi connectivity index (χ0n) is 21.9. The lowest BCUT2D eigenvalue weighted by Gasteiger charge is -2.30. The minimum absolute atomic E-state index is 0.105. The number of ketones is 1. The van der Waals surface area contributed by atoms with E-state index in [1.807, 2.05) is 47.7 Å². The minimum atomic E-state index is -0.703. The van der Waals surface area contributed by atoms with Crippen LogP contribution in [0.1, 0.15) is 33.4 Å². The number of aliphatic hydroxyl groups is 1. The molecule has 6 rings (SSSR count). The Balaban J connectivity index is 1.35. The van der Waals surface area contributed by atoms with Crippen LogP contribution in [0.2, 0.25) is 0 Å². The maximum atomic E-state index is 14.1. The number of para-hydroxylation sites is 2. The van der Waals surface area contributed by atoms with Gasteiger partial charge in [-0.05, 0) is 43.2 Å². The topological polar surface area (TPSA) is 96.6 Å². The molecular formula is C29H30N4O5S. The average molecular weight is 547 g/mol. The lowest BCUT2D eigenvalue weighted by atomic mass is 9.95. The fraction of sp³-hybridized carbons (Fsp3) is 0.345. The van der Waals surface area contributed by atoms with Crippen LogP contribution in [-0.4, -0.2) is 82.5 Å². The molecule has 4 heterocycles. The van der Waals surface area contributed by atoms with E-state index in [-0.39, 0.29) is 11.4 Å². The van der Waals surface area contributed by atoms with Gasteiger partial charge in [0.15, 0.2) is 10.7 Å². The third kappa shape index (κ3) is 4.48. The number of ether oxygens (including phenoxy) is 2. The largest absolute Gasteiger partial charge is 0.503 e. The summed E-state index contributed by atoms with van der Waals surface area (Å²) in [5.74, 6) is -0.687.